The van der Waals surface area contributed by atoms with Crippen molar-refractivity contribution in [2.24, 2.45) is 11.8 Å². The molecule has 1 aromatic rings. The fourth-order valence-corrected chi connectivity index (χ4v) is 3.49. The van der Waals surface area contributed by atoms with Gasteiger partial charge in [-0.1, -0.05) is 17.7 Å². The van der Waals surface area contributed by atoms with Gasteiger partial charge < -0.3 is 15.5 Å². The molecule has 2 aliphatic rings. The van der Waals surface area contributed by atoms with Crippen LogP contribution in [-0.4, -0.2) is 38.0 Å². The minimum atomic E-state index is -0.573. The first-order valence-corrected chi connectivity index (χ1v) is 8.58. The Labute approximate surface area is 153 Å². The number of benzene rings is 1. The lowest BCUT2D eigenvalue weighted by molar-refractivity contribution is -0.132. The van der Waals surface area contributed by atoms with Crippen LogP contribution in [0.25, 0.3) is 0 Å². The Bertz CT molecular complexity index is 591. The number of carbonyl (C=O) groups is 2. The van der Waals surface area contributed by atoms with E-state index in [0.717, 1.165) is 25.2 Å². The molecule has 2 unspecified atom stereocenters. The first-order valence-electron chi connectivity index (χ1n) is 8.20. The average molecular weight is 372 g/mol. The Balaban J connectivity index is 0.00000208. The van der Waals surface area contributed by atoms with E-state index in [0.29, 0.717) is 30.5 Å². The smallest absolute Gasteiger partial charge is 0.239 e. The molecule has 0 spiro atoms. The third-order valence-corrected chi connectivity index (χ3v) is 4.89. The van der Waals surface area contributed by atoms with Crippen LogP contribution >= 0.6 is 24.0 Å². The molecule has 2 N–H and O–H groups in total. The van der Waals surface area contributed by atoms with Crippen molar-refractivity contribution < 1.29 is 9.59 Å². The molecular weight excluding hydrogens is 349 g/mol. The molecule has 2 saturated heterocycles. The van der Waals surface area contributed by atoms with Gasteiger partial charge in [0, 0.05) is 23.8 Å². The molecule has 5 nitrogen and oxygen atoms in total. The Hall–Kier alpha value is -1.30. The number of nitrogens with zero attached hydrogens (tertiary/aromatic N) is 1. The van der Waals surface area contributed by atoms with Crippen molar-refractivity contribution in [3.8, 4) is 0 Å². The summed E-state index contributed by atoms with van der Waals surface area (Å²) in [6.45, 7) is 3.30. The SMILES string of the molecule is Cl.O=C(NCCC1CCNC1)C1CCN(c2cccc(Cl)c2)C1=O. The van der Waals surface area contributed by atoms with E-state index in [9.17, 15) is 9.59 Å². The van der Waals surface area contributed by atoms with Gasteiger partial charge in [0.15, 0.2) is 0 Å². The Morgan fingerprint density at radius 3 is 2.92 bits per heavy atom. The van der Waals surface area contributed by atoms with Crippen molar-refractivity contribution in [3.63, 3.8) is 0 Å². The molecule has 7 heteroatoms. The van der Waals surface area contributed by atoms with Gasteiger partial charge in [-0.25, -0.2) is 0 Å². The zero-order valence-electron chi connectivity index (χ0n) is 13.5. The second-order valence-electron chi connectivity index (χ2n) is 6.25. The first kappa shape index (κ1) is 19.0. The van der Waals surface area contributed by atoms with Gasteiger partial charge in [-0.2, -0.15) is 0 Å². The van der Waals surface area contributed by atoms with Crippen LogP contribution in [0, 0.1) is 11.8 Å². The molecular formula is C17H23Cl2N3O2. The summed E-state index contributed by atoms with van der Waals surface area (Å²) in [5.41, 5.74) is 0.759. The number of hydrogen-bond donors (Lipinski definition) is 2. The van der Waals surface area contributed by atoms with Crippen LogP contribution < -0.4 is 15.5 Å². The van der Waals surface area contributed by atoms with Crippen molar-refractivity contribution in [1.29, 1.82) is 0 Å². The van der Waals surface area contributed by atoms with Crippen molar-refractivity contribution in [3.05, 3.63) is 29.3 Å². The van der Waals surface area contributed by atoms with Gasteiger partial charge in [-0.3, -0.25) is 9.59 Å². The normalized spacial score (nSPS) is 23.2. The summed E-state index contributed by atoms with van der Waals surface area (Å²) in [6.07, 6.45) is 2.70. The number of hydrogen-bond acceptors (Lipinski definition) is 3. The van der Waals surface area contributed by atoms with Crippen LogP contribution in [0.3, 0.4) is 0 Å². The van der Waals surface area contributed by atoms with Gasteiger partial charge in [-0.15, -0.1) is 12.4 Å². The van der Waals surface area contributed by atoms with Gasteiger partial charge in [-0.05, 0) is 56.5 Å². The van der Waals surface area contributed by atoms with E-state index in [1.165, 1.54) is 6.42 Å². The molecule has 2 atom stereocenters. The Morgan fingerprint density at radius 1 is 1.38 bits per heavy atom. The molecule has 132 valence electrons. The van der Waals surface area contributed by atoms with Crippen molar-refractivity contribution in [2.45, 2.75) is 19.3 Å². The number of carbonyl (C=O) groups excluding carboxylic acids is 2. The van der Waals surface area contributed by atoms with Gasteiger partial charge in [0.1, 0.15) is 5.92 Å². The topological polar surface area (TPSA) is 61.4 Å². The highest BCUT2D eigenvalue weighted by molar-refractivity contribution is 6.31. The van der Waals surface area contributed by atoms with E-state index in [-0.39, 0.29) is 24.2 Å². The monoisotopic (exact) mass is 371 g/mol. The van der Waals surface area contributed by atoms with Crippen LogP contribution in [0.2, 0.25) is 5.02 Å². The number of rotatable bonds is 5. The Morgan fingerprint density at radius 2 is 2.21 bits per heavy atom. The summed E-state index contributed by atoms with van der Waals surface area (Å²) in [5.74, 6) is -0.217. The molecule has 0 saturated carbocycles. The molecule has 0 bridgehead atoms. The highest BCUT2D eigenvalue weighted by atomic mass is 35.5. The summed E-state index contributed by atoms with van der Waals surface area (Å²) in [5, 5.41) is 6.83. The summed E-state index contributed by atoms with van der Waals surface area (Å²) in [7, 11) is 0. The van der Waals surface area contributed by atoms with Gasteiger partial charge in [0.05, 0.1) is 0 Å². The first-order chi connectivity index (χ1) is 11.1. The van der Waals surface area contributed by atoms with Gasteiger partial charge >= 0.3 is 0 Å². The summed E-state index contributed by atoms with van der Waals surface area (Å²) in [4.78, 5) is 26.4. The van der Waals surface area contributed by atoms with Gasteiger partial charge in [0.2, 0.25) is 11.8 Å². The zero-order valence-corrected chi connectivity index (χ0v) is 15.0. The van der Waals surface area contributed by atoms with E-state index in [2.05, 4.69) is 10.6 Å². The third-order valence-electron chi connectivity index (χ3n) is 4.66. The summed E-state index contributed by atoms with van der Waals surface area (Å²) >= 11 is 5.98. The number of amides is 2. The van der Waals surface area contributed by atoms with Crippen LogP contribution in [-0.2, 0) is 9.59 Å². The standard InChI is InChI=1S/C17H22ClN3O2.ClH/c18-13-2-1-3-14(10-13)21-9-6-15(17(21)23)16(22)20-8-5-12-4-7-19-11-12;/h1-3,10,12,15,19H,4-9,11H2,(H,20,22);1H. The molecule has 24 heavy (non-hydrogen) atoms. The average Bonchev–Trinajstić information content (AvgIpc) is 3.17. The van der Waals surface area contributed by atoms with Crippen LogP contribution in [0.1, 0.15) is 19.3 Å². The fourth-order valence-electron chi connectivity index (χ4n) is 3.31. The highest BCUT2D eigenvalue weighted by Gasteiger charge is 2.37. The lowest BCUT2D eigenvalue weighted by Crippen LogP contribution is -2.37. The predicted octanol–water partition coefficient (Wildman–Crippen LogP) is 2.23. The molecule has 0 radical (unpaired) electrons. The van der Waals surface area contributed by atoms with E-state index in [1.54, 1.807) is 17.0 Å². The number of nitrogens with one attached hydrogen (secondary N) is 2. The second-order valence-corrected chi connectivity index (χ2v) is 6.69. The highest BCUT2D eigenvalue weighted by Crippen LogP contribution is 2.27. The van der Waals surface area contributed by atoms with Crippen molar-refractivity contribution in [2.75, 3.05) is 31.1 Å². The Kier molecular flexibility index (Phi) is 6.90. The zero-order chi connectivity index (χ0) is 16.2. The number of halogens is 2. The van der Waals surface area contributed by atoms with E-state index >= 15 is 0 Å². The van der Waals surface area contributed by atoms with Crippen LogP contribution in [0.4, 0.5) is 5.69 Å². The van der Waals surface area contributed by atoms with E-state index < -0.39 is 5.92 Å². The van der Waals surface area contributed by atoms with Crippen LogP contribution in [0.15, 0.2) is 24.3 Å². The largest absolute Gasteiger partial charge is 0.355 e. The lowest BCUT2D eigenvalue weighted by Gasteiger charge is -2.17. The van der Waals surface area contributed by atoms with Crippen LogP contribution in [0.5, 0.6) is 0 Å². The van der Waals surface area contributed by atoms with E-state index in [1.807, 2.05) is 12.1 Å². The second kappa shape index (κ2) is 8.70. The quantitative estimate of drug-likeness (QED) is 0.780. The fraction of sp³-hybridized carbons (Fsp3) is 0.529. The van der Waals surface area contributed by atoms with Crippen molar-refractivity contribution >= 4 is 41.5 Å². The van der Waals surface area contributed by atoms with Crippen molar-refractivity contribution in [1.82, 2.24) is 10.6 Å². The lowest BCUT2D eigenvalue weighted by atomic mass is 10.0. The molecule has 2 aliphatic heterocycles. The third kappa shape index (κ3) is 4.41. The predicted molar refractivity (Wildman–Crippen MR) is 97.8 cm³/mol. The molecule has 2 amide bonds. The molecule has 3 rings (SSSR count). The summed E-state index contributed by atoms with van der Waals surface area (Å²) < 4.78 is 0. The molecule has 2 heterocycles. The summed E-state index contributed by atoms with van der Waals surface area (Å²) in [6, 6.07) is 7.19. The molecule has 2 fully saturated rings. The maximum Gasteiger partial charge on any atom is 0.239 e. The number of anilines is 1. The molecule has 0 aliphatic carbocycles. The maximum absolute atomic E-state index is 12.5. The maximum atomic E-state index is 12.5. The van der Waals surface area contributed by atoms with Gasteiger partial charge in [0.25, 0.3) is 0 Å². The molecule has 0 aromatic heterocycles. The minimum Gasteiger partial charge on any atom is -0.355 e. The minimum absolute atomic E-state index is 0. The van der Waals surface area contributed by atoms with E-state index in [4.69, 9.17) is 11.6 Å². The molecule has 1 aromatic carbocycles.